The van der Waals surface area contributed by atoms with E-state index in [1.807, 2.05) is 0 Å². The lowest BCUT2D eigenvalue weighted by atomic mass is 9.76. The summed E-state index contributed by atoms with van der Waals surface area (Å²) in [5.41, 5.74) is 0.249. The first kappa shape index (κ1) is 12.3. The van der Waals surface area contributed by atoms with Crippen LogP contribution < -0.4 is 10.6 Å². The number of hydrogen-bond donors (Lipinski definition) is 2. The molecule has 1 spiro atoms. The first-order valence-corrected chi connectivity index (χ1v) is 6.15. The van der Waals surface area contributed by atoms with Gasteiger partial charge < -0.3 is 20.1 Å². The van der Waals surface area contributed by atoms with Gasteiger partial charge in [-0.2, -0.15) is 0 Å². The maximum absolute atomic E-state index is 5.97. The van der Waals surface area contributed by atoms with Crippen LogP contribution in [-0.2, 0) is 9.47 Å². The highest BCUT2D eigenvalue weighted by molar-refractivity contribution is 5.06. The summed E-state index contributed by atoms with van der Waals surface area (Å²) in [6.07, 6.45) is 1.10. The molecule has 2 N–H and O–H groups in total. The van der Waals surface area contributed by atoms with E-state index in [1.165, 1.54) is 0 Å². The summed E-state index contributed by atoms with van der Waals surface area (Å²) in [6.45, 7) is 9.08. The number of morpholine rings is 1. The SMILES string of the molecule is COCC(C)(C)CC1NCCOC12CNC2. The number of methoxy groups -OCH3 is 1. The third-order valence-electron chi connectivity index (χ3n) is 3.66. The molecule has 0 aliphatic carbocycles. The lowest BCUT2D eigenvalue weighted by molar-refractivity contribution is -0.135. The van der Waals surface area contributed by atoms with Crippen molar-refractivity contribution in [3.05, 3.63) is 0 Å². The Morgan fingerprint density at radius 2 is 2.19 bits per heavy atom. The second-order valence-corrected chi connectivity index (χ2v) is 5.82. The van der Waals surface area contributed by atoms with Crippen molar-refractivity contribution in [2.75, 3.05) is 40.0 Å². The summed E-state index contributed by atoms with van der Waals surface area (Å²) in [4.78, 5) is 0. The maximum Gasteiger partial charge on any atom is 0.108 e. The summed E-state index contributed by atoms with van der Waals surface area (Å²) >= 11 is 0. The maximum atomic E-state index is 5.97. The second-order valence-electron chi connectivity index (χ2n) is 5.82. The van der Waals surface area contributed by atoms with E-state index in [1.54, 1.807) is 7.11 Å². The van der Waals surface area contributed by atoms with Crippen LogP contribution in [0.2, 0.25) is 0 Å². The fraction of sp³-hybridized carbons (Fsp3) is 1.00. The average Bonchev–Trinajstić information content (AvgIpc) is 2.15. The van der Waals surface area contributed by atoms with Gasteiger partial charge in [0.25, 0.3) is 0 Å². The topological polar surface area (TPSA) is 42.5 Å². The molecule has 4 heteroatoms. The Bertz CT molecular complexity index is 239. The van der Waals surface area contributed by atoms with Crippen molar-refractivity contribution in [3.8, 4) is 0 Å². The molecule has 2 rings (SSSR count). The van der Waals surface area contributed by atoms with E-state index in [9.17, 15) is 0 Å². The first-order valence-electron chi connectivity index (χ1n) is 6.15. The minimum absolute atomic E-state index is 0.0449. The Kier molecular flexibility index (Phi) is 3.54. The zero-order valence-electron chi connectivity index (χ0n) is 10.6. The van der Waals surface area contributed by atoms with Gasteiger partial charge in [0.05, 0.1) is 13.2 Å². The molecule has 0 radical (unpaired) electrons. The van der Waals surface area contributed by atoms with Gasteiger partial charge in [-0.3, -0.25) is 0 Å². The molecule has 2 aliphatic heterocycles. The Labute approximate surface area is 98.1 Å². The second kappa shape index (κ2) is 4.61. The Morgan fingerprint density at radius 3 is 2.75 bits per heavy atom. The third kappa shape index (κ3) is 2.40. The molecular weight excluding hydrogens is 204 g/mol. The Hall–Kier alpha value is -0.160. The van der Waals surface area contributed by atoms with E-state index in [0.717, 1.165) is 39.3 Å². The van der Waals surface area contributed by atoms with Crippen LogP contribution in [0.4, 0.5) is 0 Å². The molecule has 16 heavy (non-hydrogen) atoms. The quantitative estimate of drug-likeness (QED) is 0.730. The summed E-state index contributed by atoms with van der Waals surface area (Å²) < 4.78 is 11.3. The van der Waals surface area contributed by atoms with E-state index >= 15 is 0 Å². The van der Waals surface area contributed by atoms with Gasteiger partial charge in [0.15, 0.2) is 0 Å². The van der Waals surface area contributed by atoms with Gasteiger partial charge in [0.2, 0.25) is 0 Å². The van der Waals surface area contributed by atoms with Crippen LogP contribution in [0.25, 0.3) is 0 Å². The molecule has 0 saturated carbocycles. The fourth-order valence-corrected chi connectivity index (χ4v) is 2.75. The zero-order chi connectivity index (χ0) is 11.6. The van der Waals surface area contributed by atoms with Gasteiger partial charge in [-0.15, -0.1) is 0 Å². The minimum atomic E-state index is 0.0449. The van der Waals surface area contributed by atoms with Crippen molar-refractivity contribution < 1.29 is 9.47 Å². The summed E-state index contributed by atoms with van der Waals surface area (Å²) in [7, 11) is 1.77. The number of ether oxygens (including phenoxy) is 2. The highest BCUT2D eigenvalue weighted by Crippen LogP contribution is 2.32. The summed E-state index contributed by atoms with van der Waals surface area (Å²) in [6, 6.07) is 0.452. The third-order valence-corrected chi connectivity index (χ3v) is 3.66. The van der Waals surface area contributed by atoms with Crippen LogP contribution in [0.15, 0.2) is 0 Å². The van der Waals surface area contributed by atoms with Crippen molar-refractivity contribution in [2.45, 2.75) is 31.9 Å². The Morgan fingerprint density at radius 1 is 1.44 bits per heavy atom. The predicted octanol–water partition coefficient (Wildman–Crippen LogP) is 0.380. The molecule has 94 valence electrons. The van der Waals surface area contributed by atoms with Crippen molar-refractivity contribution in [1.82, 2.24) is 10.6 Å². The van der Waals surface area contributed by atoms with E-state index in [2.05, 4.69) is 24.5 Å². The lowest BCUT2D eigenvalue weighted by Crippen LogP contribution is -2.73. The van der Waals surface area contributed by atoms with Crippen LogP contribution in [0.1, 0.15) is 20.3 Å². The van der Waals surface area contributed by atoms with Gasteiger partial charge in [-0.05, 0) is 11.8 Å². The standard InChI is InChI=1S/C12H24N2O2/c1-11(2,9-15-3)6-10-12(7-13-8-12)16-5-4-14-10/h10,13-14H,4-9H2,1-3H3. The first-order chi connectivity index (χ1) is 7.58. The molecule has 0 aromatic heterocycles. The summed E-state index contributed by atoms with van der Waals surface area (Å²) in [5, 5.41) is 6.93. The van der Waals surface area contributed by atoms with Crippen molar-refractivity contribution in [2.24, 2.45) is 5.41 Å². The molecule has 4 nitrogen and oxygen atoms in total. The predicted molar refractivity (Wildman–Crippen MR) is 63.6 cm³/mol. The molecule has 0 aromatic carbocycles. The molecule has 2 saturated heterocycles. The van der Waals surface area contributed by atoms with Gasteiger partial charge in [-0.1, -0.05) is 13.8 Å². The van der Waals surface area contributed by atoms with Crippen LogP contribution >= 0.6 is 0 Å². The van der Waals surface area contributed by atoms with Gasteiger partial charge >= 0.3 is 0 Å². The normalized spacial score (nSPS) is 29.1. The molecule has 0 amide bonds. The molecule has 1 unspecified atom stereocenters. The average molecular weight is 228 g/mol. The van der Waals surface area contributed by atoms with E-state index in [4.69, 9.17) is 9.47 Å². The van der Waals surface area contributed by atoms with Crippen molar-refractivity contribution in [3.63, 3.8) is 0 Å². The minimum Gasteiger partial charge on any atom is -0.384 e. The molecule has 2 aliphatic rings. The molecule has 2 fully saturated rings. The Balaban J connectivity index is 1.96. The largest absolute Gasteiger partial charge is 0.384 e. The van der Waals surface area contributed by atoms with Crippen molar-refractivity contribution >= 4 is 0 Å². The smallest absolute Gasteiger partial charge is 0.108 e. The van der Waals surface area contributed by atoms with Crippen LogP contribution in [0.5, 0.6) is 0 Å². The molecular formula is C12H24N2O2. The number of hydrogen-bond acceptors (Lipinski definition) is 4. The molecule has 2 heterocycles. The van der Waals surface area contributed by atoms with Crippen LogP contribution in [0, 0.1) is 5.41 Å². The van der Waals surface area contributed by atoms with E-state index < -0.39 is 0 Å². The fourth-order valence-electron chi connectivity index (χ4n) is 2.75. The summed E-state index contributed by atoms with van der Waals surface area (Å²) in [5.74, 6) is 0. The molecule has 1 atom stereocenters. The van der Waals surface area contributed by atoms with Gasteiger partial charge in [-0.25, -0.2) is 0 Å². The highest BCUT2D eigenvalue weighted by Gasteiger charge is 2.48. The zero-order valence-corrected chi connectivity index (χ0v) is 10.6. The number of nitrogens with one attached hydrogen (secondary N) is 2. The van der Waals surface area contributed by atoms with Gasteiger partial charge in [0, 0.05) is 32.8 Å². The lowest BCUT2D eigenvalue weighted by Gasteiger charge is -2.52. The van der Waals surface area contributed by atoms with Gasteiger partial charge in [0.1, 0.15) is 5.60 Å². The molecule has 0 bridgehead atoms. The van der Waals surface area contributed by atoms with Crippen molar-refractivity contribution in [1.29, 1.82) is 0 Å². The van der Waals surface area contributed by atoms with Crippen LogP contribution in [0.3, 0.4) is 0 Å². The highest BCUT2D eigenvalue weighted by atomic mass is 16.5. The van der Waals surface area contributed by atoms with E-state index in [0.29, 0.717) is 6.04 Å². The van der Waals surface area contributed by atoms with Crippen LogP contribution in [-0.4, -0.2) is 51.6 Å². The number of rotatable bonds is 4. The molecule has 0 aromatic rings. The monoisotopic (exact) mass is 228 g/mol. The van der Waals surface area contributed by atoms with E-state index in [-0.39, 0.29) is 11.0 Å².